The van der Waals surface area contributed by atoms with Crippen molar-refractivity contribution in [3.63, 3.8) is 0 Å². The molecule has 2 aromatic rings. The summed E-state index contributed by atoms with van der Waals surface area (Å²) >= 11 is 1.22. The Labute approximate surface area is 158 Å². The van der Waals surface area contributed by atoms with Gasteiger partial charge in [-0.15, -0.1) is 24.2 Å². The summed E-state index contributed by atoms with van der Waals surface area (Å²) in [6.45, 7) is 0.463. The third-order valence-electron chi connectivity index (χ3n) is 4.16. The number of hydrogen-bond donors (Lipinski definition) is 2. The molecule has 1 saturated carbocycles. The summed E-state index contributed by atoms with van der Waals surface area (Å²) in [5, 5.41) is 2.43. The number of rotatable bonds is 7. The van der Waals surface area contributed by atoms with Crippen LogP contribution >= 0.6 is 24.2 Å². The maximum Gasteiger partial charge on any atom is 0.238 e. The molecule has 1 fully saturated rings. The molecule has 134 valence electrons. The smallest absolute Gasteiger partial charge is 0.238 e. The van der Waals surface area contributed by atoms with Gasteiger partial charge in [0, 0.05) is 17.5 Å². The highest BCUT2D eigenvalue weighted by molar-refractivity contribution is 8.00. The van der Waals surface area contributed by atoms with E-state index >= 15 is 0 Å². The van der Waals surface area contributed by atoms with Crippen LogP contribution < -0.4 is 11.1 Å². The van der Waals surface area contributed by atoms with Crippen molar-refractivity contribution in [2.45, 2.75) is 29.0 Å². The van der Waals surface area contributed by atoms with Gasteiger partial charge in [0.05, 0.1) is 0 Å². The fourth-order valence-electron chi connectivity index (χ4n) is 2.57. The monoisotopic (exact) mass is 380 g/mol. The molecule has 1 amide bonds. The molecule has 2 atom stereocenters. The van der Waals surface area contributed by atoms with Crippen LogP contribution in [0.4, 0.5) is 4.39 Å². The van der Waals surface area contributed by atoms with Crippen molar-refractivity contribution >= 4 is 30.1 Å². The molecule has 2 unspecified atom stereocenters. The normalized spacial score (nSPS) is 15.8. The second kappa shape index (κ2) is 9.22. The van der Waals surface area contributed by atoms with Crippen molar-refractivity contribution in [3.05, 3.63) is 66.0 Å². The first kappa shape index (κ1) is 19.8. The molecular weight excluding hydrogens is 359 g/mol. The van der Waals surface area contributed by atoms with Crippen LogP contribution in [-0.2, 0) is 4.79 Å². The van der Waals surface area contributed by atoms with E-state index in [0.717, 1.165) is 18.4 Å². The van der Waals surface area contributed by atoms with Crippen molar-refractivity contribution in [2.24, 2.45) is 11.7 Å². The van der Waals surface area contributed by atoms with Gasteiger partial charge in [0.25, 0.3) is 0 Å². The van der Waals surface area contributed by atoms with Crippen molar-refractivity contribution in [1.29, 1.82) is 0 Å². The van der Waals surface area contributed by atoms with Crippen molar-refractivity contribution in [3.8, 4) is 0 Å². The quantitative estimate of drug-likeness (QED) is 0.715. The van der Waals surface area contributed by atoms with Crippen LogP contribution in [0.15, 0.2) is 59.5 Å². The van der Waals surface area contributed by atoms with E-state index in [-0.39, 0.29) is 30.2 Å². The molecule has 0 aromatic heterocycles. The zero-order valence-electron chi connectivity index (χ0n) is 13.7. The summed E-state index contributed by atoms with van der Waals surface area (Å²) in [6.07, 6.45) is 2.28. The number of thioether (sulfide) groups is 1. The fourth-order valence-corrected chi connectivity index (χ4v) is 3.65. The van der Waals surface area contributed by atoms with Gasteiger partial charge in [-0.2, -0.15) is 0 Å². The maximum atomic E-state index is 14.0. The van der Waals surface area contributed by atoms with Crippen molar-refractivity contribution < 1.29 is 9.18 Å². The van der Waals surface area contributed by atoms with E-state index in [1.165, 1.54) is 17.8 Å². The first-order valence-electron chi connectivity index (χ1n) is 8.14. The average molecular weight is 381 g/mol. The van der Waals surface area contributed by atoms with Gasteiger partial charge in [0.2, 0.25) is 5.91 Å². The molecule has 0 saturated heterocycles. The Balaban J connectivity index is 0.00000225. The Morgan fingerprint density at radius 2 is 1.80 bits per heavy atom. The summed E-state index contributed by atoms with van der Waals surface area (Å²) in [5.74, 6) is 0.0798. The summed E-state index contributed by atoms with van der Waals surface area (Å²) in [4.78, 5) is 13.2. The van der Waals surface area contributed by atoms with E-state index in [1.54, 1.807) is 18.2 Å². The summed E-state index contributed by atoms with van der Waals surface area (Å²) in [5.41, 5.74) is 6.91. The molecule has 0 radical (unpaired) electrons. The molecule has 3 rings (SSSR count). The van der Waals surface area contributed by atoms with E-state index in [1.807, 2.05) is 30.3 Å². The summed E-state index contributed by atoms with van der Waals surface area (Å²) < 4.78 is 14.0. The van der Waals surface area contributed by atoms with Crippen molar-refractivity contribution in [2.75, 3.05) is 6.54 Å². The standard InChI is InChI=1S/C19H21FN2OS.ClH/c20-15-8-4-5-9-17(15)24-18(14-6-2-1-3-7-14)19(23)22-12-16(21)13-10-11-13;/h1-9,13,16,18H,10-12,21H2,(H,22,23);1H. The first-order valence-corrected chi connectivity index (χ1v) is 9.02. The third kappa shape index (κ3) is 5.46. The van der Waals surface area contributed by atoms with Gasteiger partial charge in [-0.3, -0.25) is 4.79 Å². The fraction of sp³-hybridized carbons (Fsp3) is 0.316. The second-order valence-corrected chi connectivity index (χ2v) is 7.23. The molecule has 3 nitrogen and oxygen atoms in total. The lowest BCUT2D eigenvalue weighted by atomic mass is 10.1. The molecule has 3 N–H and O–H groups in total. The number of nitrogens with two attached hydrogens (primary N) is 1. The minimum Gasteiger partial charge on any atom is -0.353 e. The third-order valence-corrected chi connectivity index (χ3v) is 5.47. The Kier molecular flexibility index (Phi) is 7.29. The average Bonchev–Trinajstić information content (AvgIpc) is 3.44. The van der Waals surface area contributed by atoms with Crippen LogP contribution in [0.1, 0.15) is 23.7 Å². The molecule has 6 heteroatoms. The number of nitrogens with one attached hydrogen (secondary N) is 1. The molecule has 0 bridgehead atoms. The number of carbonyl (C=O) groups excluding carboxylic acids is 1. The maximum absolute atomic E-state index is 14.0. The lowest BCUT2D eigenvalue weighted by molar-refractivity contribution is -0.120. The van der Waals surface area contributed by atoms with Crippen LogP contribution in [-0.4, -0.2) is 18.5 Å². The Hall–Kier alpha value is -1.56. The predicted molar refractivity (Wildman–Crippen MR) is 102 cm³/mol. The number of amides is 1. The van der Waals surface area contributed by atoms with E-state index in [0.29, 0.717) is 17.4 Å². The second-order valence-electron chi connectivity index (χ2n) is 6.09. The topological polar surface area (TPSA) is 55.1 Å². The largest absolute Gasteiger partial charge is 0.353 e. The molecule has 2 aromatic carbocycles. The minimum absolute atomic E-state index is 0. The van der Waals surface area contributed by atoms with Gasteiger partial charge in [0.1, 0.15) is 11.1 Å². The van der Waals surface area contributed by atoms with Gasteiger partial charge in [-0.05, 0) is 36.5 Å². The van der Waals surface area contributed by atoms with Crippen LogP contribution in [0.25, 0.3) is 0 Å². The minimum atomic E-state index is -0.505. The summed E-state index contributed by atoms with van der Waals surface area (Å²) in [6, 6.07) is 16.0. The highest BCUT2D eigenvalue weighted by Crippen LogP contribution is 2.37. The van der Waals surface area contributed by atoms with Crippen molar-refractivity contribution in [1.82, 2.24) is 5.32 Å². The molecule has 1 aliphatic rings. The molecule has 0 heterocycles. The van der Waals surface area contributed by atoms with Crippen LogP contribution in [0.5, 0.6) is 0 Å². The SMILES string of the molecule is Cl.NC(CNC(=O)C(Sc1ccccc1F)c1ccccc1)C1CC1. The Morgan fingerprint density at radius 3 is 2.44 bits per heavy atom. The van der Waals surface area contributed by atoms with Gasteiger partial charge in [-0.25, -0.2) is 4.39 Å². The van der Waals surface area contributed by atoms with E-state index < -0.39 is 5.25 Å². The van der Waals surface area contributed by atoms with E-state index in [9.17, 15) is 9.18 Å². The molecule has 0 spiro atoms. The predicted octanol–water partition coefficient (Wildman–Crippen LogP) is 3.93. The number of carbonyl (C=O) groups is 1. The molecule has 0 aliphatic heterocycles. The molecule has 25 heavy (non-hydrogen) atoms. The number of halogens is 2. The Morgan fingerprint density at radius 1 is 1.16 bits per heavy atom. The Bertz CT molecular complexity index is 697. The lowest BCUT2D eigenvalue weighted by Gasteiger charge is -2.19. The van der Waals surface area contributed by atoms with E-state index in [4.69, 9.17) is 5.73 Å². The molecular formula is C19H22ClFN2OS. The summed E-state index contributed by atoms with van der Waals surface area (Å²) in [7, 11) is 0. The number of hydrogen-bond acceptors (Lipinski definition) is 3. The highest BCUT2D eigenvalue weighted by atomic mass is 35.5. The zero-order chi connectivity index (χ0) is 16.9. The van der Waals surface area contributed by atoms with Gasteiger partial charge < -0.3 is 11.1 Å². The van der Waals surface area contributed by atoms with Crippen LogP contribution in [0.2, 0.25) is 0 Å². The highest BCUT2D eigenvalue weighted by Gasteiger charge is 2.30. The first-order chi connectivity index (χ1) is 11.6. The van der Waals surface area contributed by atoms with E-state index in [2.05, 4.69) is 5.32 Å². The lowest BCUT2D eigenvalue weighted by Crippen LogP contribution is -2.40. The van der Waals surface area contributed by atoms with Gasteiger partial charge in [-0.1, -0.05) is 42.5 Å². The van der Waals surface area contributed by atoms with Crippen LogP contribution in [0, 0.1) is 11.7 Å². The molecule has 1 aliphatic carbocycles. The van der Waals surface area contributed by atoms with Gasteiger partial charge in [0.15, 0.2) is 0 Å². The zero-order valence-corrected chi connectivity index (χ0v) is 15.4. The number of benzene rings is 2. The van der Waals surface area contributed by atoms with Gasteiger partial charge >= 0.3 is 0 Å². The van der Waals surface area contributed by atoms with Crippen LogP contribution in [0.3, 0.4) is 0 Å².